The number of halogens is 4. The van der Waals surface area contributed by atoms with Gasteiger partial charge in [-0.05, 0) is 37.3 Å². The van der Waals surface area contributed by atoms with Gasteiger partial charge in [-0.15, -0.1) is 0 Å². The molecule has 0 aliphatic carbocycles. The van der Waals surface area contributed by atoms with Gasteiger partial charge in [-0.2, -0.15) is 13.2 Å². The summed E-state index contributed by atoms with van der Waals surface area (Å²) in [6.45, 7) is 5.12. The minimum atomic E-state index is -4.58. The van der Waals surface area contributed by atoms with Gasteiger partial charge in [0, 0.05) is 45.0 Å². The molecule has 1 heterocycles. The van der Waals surface area contributed by atoms with E-state index in [9.17, 15) is 18.0 Å². The summed E-state index contributed by atoms with van der Waals surface area (Å²) in [6, 6.07) is 3.40. The lowest BCUT2D eigenvalue weighted by Crippen LogP contribution is -2.54. The van der Waals surface area contributed by atoms with Crippen molar-refractivity contribution in [3.05, 3.63) is 28.8 Å². The van der Waals surface area contributed by atoms with E-state index in [4.69, 9.17) is 28.6 Å². The van der Waals surface area contributed by atoms with Crippen LogP contribution in [0.5, 0.6) is 0 Å². The van der Waals surface area contributed by atoms with Crippen molar-refractivity contribution in [2.75, 3.05) is 51.8 Å². The first-order chi connectivity index (χ1) is 13.6. The zero-order valence-corrected chi connectivity index (χ0v) is 17.8. The fraction of sp³-hybridized carbons (Fsp3) is 0.556. The van der Waals surface area contributed by atoms with Crippen LogP contribution in [-0.4, -0.2) is 73.3 Å². The summed E-state index contributed by atoms with van der Waals surface area (Å²) in [5, 5.41) is 5.92. The highest BCUT2D eigenvalue weighted by molar-refractivity contribution is 7.80. The van der Waals surface area contributed by atoms with Gasteiger partial charge in [0.05, 0.1) is 23.7 Å². The van der Waals surface area contributed by atoms with Gasteiger partial charge in [-0.3, -0.25) is 9.69 Å². The van der Waals surface area contributed by atoms with Gasteiger partial charge >= 0.3 is 6.18 Å². The topological polar surface area (TPSA) is 56.8 Å². The molecule has 0 aromatic heterocycles. The number of piperazine rings is 1. The number of thiocarbonyl (C=S) groups is 1. The number of nitrogens with zero attached hydrogens (tertiary/aromatic N) is 2. The largest absolute Gasteiger partial charge is 0.417 e. The van der Waals surface area contributed by atoms with Gasteiger partial charge in [-0.25, -0.2) is 0 Å². The third kappa shape index (κ3) is 7.29. The van der Waals surface area contributed by atoms with Gasteiger partial charge in [-0.1, -0.05) is 11.6 Å². The van der Waals surface area contributed by atoms with E-state index in [1.165, 1.54) is 6.07 Å². The number of carbonyl (C=O) groups excluding carboxylic acids is 1. The van der Waals surface area contributed by atoms with Crippen LogP contribution in [0.25, 0.3) is 0 Å². The van der Waals surface area contributed by atoms with Crippen LogP contribution in [0.15, 0.2) is 18.2 Å². The number of anilines is 1. The summed E-state index contributed by atoms with van der Waals surface area (Å²) < 4.78 is 43.9. The smallest absolute Gasteiger partial charge is 0.383 e. The second-order valence-electron chi connectivity index (χ2n) is 6.81. The van der Waals surface area contributed by atoms with Crippen molar-refractivity contribution < 1.29 is 22.7 Å². The second-order valence-corrected chi connectivity index (χ2v) is 7.60. The van der Waals surface area contributed by atoms with Gasteiger partial charge in [0.25, 0.3) is 0 Å². The minimum absolute atomic E-state index is 0.0582. The average Bonchev–Trinajstić information content (AvgIpc) is 2.63. The number of ether oxygens (including phenoxy) is 1. The number of rotatable bonds is 6. The number of amides is 1. The van der Waals surface area contributed by atoms with Crippen molar-refractivity contribution in [2.45, 2.75) is 19.1 Å². The summed E-state index contributed by atoms with van der Waals surface area (Å²) in [5.41, 5.74) is -0.919. The Kier molecular flexibility index (Phi) is 8.50. The lowest BCUT2D eigenvalue weighted by molar-refractivity contribution is -0.137. The van der Waals surface area contributed by atoms with E-state index in [0.717, 1.165) is 12.1 Å². The molecule has 2 N–H and O–H groups in total. The number of benzene rings is 1. The number of hydrogen-bond donors (Lipinski definition) is 2. The van der Waals surface area contributed by atoms with E-state index in [-0.39, 0.29) is 24.2 Å². The van der Waals surface area contributed by atoms with Crippen LogP contribution in [0.1, 0.15) is 12.5 Å². The van der Waals surface area contributed by atoms with Crippen LogP contribution in [-0.2, 0) is 15.7 Å². The number of alkyl halides is 3. The van der Waals surface area contributed by atoms with Crippen LogP contribution in [0, 0.1) is 0 Å². The fourth-order valence-electron chi connectivity index (χ4n) is 2.93. The molecular weight excluding hydrogens is 429 g/mol. The molecule has 6 nitrogen and oxygen atoms in total. The van der Waals surface area contributed by atoms with E-state index < -0.39 is 16.8 Å². The Morgan fingerprint density at radius 2 is 1.97 bits per heavy atom. The Balaban J connectivity index is 1.82. The molecule has 0 spiro atoms. The molecule has 0 radical (unpaired) electrons. The normalized spacial score (nSPS) is 16.4. The summed E-state index contributed by atoms with van der Waals surface area (Å²) >= 11 is 11.0. The number of hydrogen-bond acceptors (Lipinski definition) is 4. The van der Waals surface area contributed by atoms with Gasteiger partial charge < -0.3 is 20.3 Å². The van der Waals surface area contributed by atoms with Crippen molar-refractivity contribution >= 4 is 40.5 Å². The fourth-order valence-corrected chi connectivity index (χ4v) is 3.54. The van der Waals surface area contributed by atoms with E-state index in [2.05, 4.69) is 10.6 Å². The van der Waals surface area contributed by atoms with Crippen molar-refractivity contribution in [1.29, 1.82) is 0 Å². The van der Waals surface area contributed by atoms with E-state index >= 15 is 0 Å². The molecule has 1 fully saturated rings. The summed E-state index contributed by atoms with van der Waals surface area (Å²) in [7, 11) is 1.62. The minimum Gasteiger partial charge on any atom is -0.383 e. The summed E-state index contributed by atoms with van der Waals surface area (Å²) in [5.74, 6) is -0.386. The molecule has 1 aliphatic rings. The van der Waals surface area contributed by atoms with E-state index in [1.54, 1.807) is 7.11 Å². The SMILES string of the molecule is COCC(C)NC(=S)N1CCN(CC(=O)Nc2ccc(Cl)c(C(F)(F)F)c2)CC1. The van der Waals surface area contributed by atoms with Crippen molar-refractivity contribution in [1.82, 2.24) is 15.1 Å². The zero-order valence-electron chi connectivity index (χ0n) is 16.2. The predicted molar refractivity (Wildman–Crippen MR) is 110 cm³/mol. The molecule has 2 rings (SSSR count). The maximum Gasteiger partial charge on any atom is 0.417 e. The van der Waals surface area contributed by atoms with Crippen LogP contribution in [0.3, 0.4) is 0 Å². The zero-order chi connectivity index (χ0) is 21.6. The van der Waals surface area contributed by atoms with Crippen molar-refractivity contribution in [3.63, 3.8) is 0 Å². The molecule has 162 valence electrons. The van der Waals surface area contributed by atoms with E-state index in [1.807, 2.05) is 16.7 Å². The third-order valence-corrected chi connectivity index (χ3v) is 5.07. The Labute approximate surface area is 178 Å². The average molecular weight is 453 g/mol. The molecule has 1 aromatic carbocycles. The first-order valence-electron chi connectivity index (χ1n) is 9.03. The predicted octanol–water partition coefficient (Wildman–Crippen LogP) is 2.82. The summed E-state index contributed by atoms with van der Waals surface area (Å²) in [6.07, 6.45) is -4.58. The molecule has 0 bridgehead atoms. The Morgan fingerprint density at radius 1 is 1.31 bits per heavy atom. The first kappa shape index (κ1) is 23.7. The van der Waals surface area contributed by atoms with Gasteiger partial charge in [0.2, 0.25) is 5.91 Å². The maximum absolute atomic E-state index is 12.9. The highest BCUT2D eigenvalue weighted by atomic mass is 35.5. The Hall–Kier alpha value is -1.62. The lowest BCUT2D eigenvalue weighted by atomic mass is 10.2. The Morgan fingerprint density at radius 3 is 2.55 bits per heavy atom. The second kappa shape index (κ2) is 10.4. The van der Waals surface area contributed by atoms with Crippen LogP contribution in [0.2, 0.25) is 5.02 Å². The number of nitrogens with one attached hydrogen (secondary N) is 2. The molecule has 1 aromatic rings. The maximum atomic E-state index is 12.9. The highest BCUT2D eigenvalue weighted by Crippen LogP contribution is 2.36. The van der Waals surface area contributed by atoms with Crippen molar-refractivity contribution in [2.24, 2.45) is 0 Å². The number of methoxy groups -OCH3 is 1. The third-order valence-electron chi connectivity index (χ3n) is 4.37. The quantitative estimate of drug-likeness (QED) is 0.647. The molecule has 1 unspecified atom stereocenters. The van der Waals surface area contributed by atoms with Gasteiger partial charge in [0.1, 0.15) is 0 Å². The lowest BCUT2D eigenvalue weighted by Gasteiger charge is -2.36. The molecule has 1 atom stereocenters. The molecule has 0 saturated carbocycles. The van der Waals surface area contributed by atoms with E-state index in [0.29, 0.717) is 37.9 Å². The van der Waals surface area contributed by atoms with Crippen LogP contribution in [0.4, 0.5) is 18.9 Å². The molecular formula is C18H24ClF3N4O2S. The van der Waals surface area contributed by atoms with Crippen LogP contribution < -0.4 is 10.6 Å². The van der Waals surface area contributed by atoms with Crippen molar-refractivity contribution in [3.8, 4) is 0 Å². The molecule has 29 heavy (non-hydrogen) atoms. The highest BCUT2D eigenvalue weighted by Gasteiger charge is 2.33. The monoisotopic (exact) mass is 452 g/mol. The standard InChI is InChI=1S/C18H24ClF3N4O2S/c1-12(11-28-2)23-17(29)26-7-5-25(6-8-26)10-16(27)24-13-3-4-15(19)14(9-13)18(20,21)22/h3-4,9,12H,5-8,10-11H2,1-2H3,(H,23,29)(H,24,27). The molecule has 11 heteroatoms. The van der Waals surface area contributed by atoms with Gasteiger partial charge in [0.15, 0.2) is 5.11 Å². The Bertz CT molecular complexity index is 728. The molecule has 1 amide bonds. The van der Waals surface area contributed by atoms with Crippen LogP contribution >= 0.6 is 23.8 Å². The molecule has 1 aliphatic heterocycles. The molecule has 1 saturated heterocycles. The summed E-state index contributed by atoms with van der Waals surface area (Å²) in [4.78, 5) is 16.2. The first-order valence-corrected chi connectivity index (χ1v) is 9.82. The number of carbonyl (C=O) groups is 1.